The molecule has 0 saturated heterocycles. The summed E-state index contributed by atoms with van der Waals surface area (Å²) in [6, 6.07) is 1.84. The summed E-state index contributed by atoms with van der Waals surface area (Å²) in [4.78, 5) is 3.99. The molecule has 1 rings (SSSR count). The third kappa shape index (κ3) is 3.12. The summed E-state index contributed by atoms with van der Waals surface area (Å²) in [6.07, 6.45) is 2.60. The van der Waals surface area contributed by atoms with E-state index in [1.54, 1.807) is 6.20 Å². The van der Waals surface area contributed by atoms with Crippen molar-refractivity contribution in [2.45, 2.75) is 20.3 Å². The van der Waals surface area contributed by atoms with Crippen LogP contribution < -0.4 is 5.73 Å². The van der Waals surface area contributed by atoms with Gasteiger partial charge in [-0.3, -0.25) is 0 Å². The first kappa shape index (κ1) is 11.8. The zero-order valence-electron chi connectivity index (χ0n) is 8.35. The number of pyridine rings is 1. The summed E-state index contributed by atoms with van der Waals surface area (Å²) in [5, 5.41) is 0.845. The molecule has 0 saturated carbocycles. The lowest BCUT2D eigenvalue weighted by Gasteiger charge is -2.22. The Bertz CT molecular complexity index is 324. The van der Waals surface area contributed by atoms with Gasteiger partial charge in [0.1, 0.15) is 5.15 Å². The minimum absolute atomic E-state index is 0.0683. The molecule has 2 N–H and O–H groups in total. The molecule has 0 radical (unpaired) electrons. The van der Waals surface area contributed by atoms with E-state index in [1.165, 1.54) is 0 Å². The molecule has 1 heterocycles. The predicted molar refractivity (Wildman–Crippen MR) is 60.8 cm³/mol. The van der Waals surface area contributed by atoms with Crippen LogP contribution in [0, 0.1) is 5.41 Å². The predicted octanol–water partition coefficient (Wildman–Crippen LogP) is 2.92. The van der Waals surface area contributed by atoms with Gasteiger partial charge in [0.25, 0.3) is 0 Å². The van der Waals surface area contributed by atoms with Crippen molar-refractivity contribution in [2.24, 2.45) is 11.1 Å². The van der Waals surface area contributed by atoms with Crippen LogP contribution in [0.1, 0.15) is 19.4 Å². The molecule has 0 fully saturated rings. The van der Waals surface area contributed by atoms with Gasteiger partial charge in [0.15, 0.2) is 0 Å². The Morgan fingerprint density at radius 2 is 2.07 bits per heavy atom. The van der Waals surface area contributed by atoms with Gasteiger partial charge >= 0.3 is 0 Å². The highest BCUT2D eigenvalue weighted by Gasteiger charge is 2.16. The quantitative estimate of drug-likeness (QED) is 0.815. The largest absolute Gasteiger partial charge is 0.330 e. The highest BCUT2D eigenvalue weighted by Crippen LogP contribution is 2.24. The maximum absolute atomic E-state index is 5.86. The highest BCUT2D eigenvalue weighted by atomic mass is 35.5. The fraction of sp³-hybridized carbons (Fsp3) is 0.500. The SMILES string of the molecule is CC(C)(CN)Cc1cnc(Cl)c(Cl)c1. The van der Waals surface area contributed by atoms with E-state index in [4.69, 9.17) is 28.9 Å². The van der Waals surface area contributed by atoms with Crippen LogP contribution in [0.4, 0.5) is 0 Å². The summed E-state index contributed by atoms with van der Waals surface area (Å²) in [6.45, 7) is 4.85. The fourth-order valence-electron chi connectivity index (χ4n) is 1.18. The summed E-state index contributed by atoms with van der Waals surface area (Å²) in [5.74, 6) is 0. The van der Waals surface area contributed by atoms with Crippen molar-refractivity contribution in [3.63, 3.8) is 0 Å². The summed E-state index contributed by atoms with van der Waals surface area (Å²) in [5.41, 5.74) is 6.78. The fourth-order valence-corrected chi connectivity index (χ4v) is 1.47. The van der Waals surface area contributed by atoms with Crippen molar-refractivity contribution in [3.8, 4) is 0 Å². The van der Waals surface area contributed by atoms with E-state index in [2.05, 4.69) is 18.8 Å². The molecule has 2 nitrogen and oxygen atoms in total. The average Bonchev–Trinajstić information content (AvgIpc) is 2.11. The number of hydrogen-bond donors (Lipinski definition) is 1. The molecule has 14 heavy (non-hydrogen) atoms. The van der Waals surface area contributed by atoms with Crippen LogP contribution in [0.2, 0.25) is 10.2 Å². The van der Waals surface area contributed by atoms with Crippen LogP contribution in [-0.4, -0.2) is 11.5 Å². The lowest BCUT2D eigenvalue weighted by atomic mass is 9.86. The van der Waals surface area contributed by atoms with E-state index < -0.39 is 0 Å². The Morgan fingerprint density at radius 3 is 2.57 bits per heavy atom. The van der Waals surface area contributed by atoms with Gasteiger partial charge in [0.05, 0.1) is 5.02 Å². The average molecular weight is 233 g/mol. The van der Waals surface area contributed by atoms with Gasteiger partial charge in [-0.25, -0.2) is 4.98 Å². The lowest BCUT2D eigenvalue weighted by Crippen LogP contribution is -2.25. The van der Waals surface area contributed by atoms with Crippen molar-refractivity contribution in [3.05, 3.63) is 28.0 Å². The van der Waals surface area contributed by atoms with E-state index in [1.807, 2.05) is 6.07 Å². The van der Waals surface area contributed by atoms with Gasteiger partial charge in [-0.2, -0.15) is 0 Å². The third-order valence-electron chi connectivity index (χ3n) is 2.09. The molecular formula is C10H14Cl2N2. The number of rotatable bonds is 3. The summed E-state index contributed by atoms with van der Waals surface area (Å²) < 4.78 is 0. The van der Waals surface area contributed by atoms with Crippen LogP contribution in [0.5, 0.6) is 0 Å². The van der Waals surface area contributed by atoms with Gasteiger partial charge in [0.2, 0.25) is 0 Å². The van der Waals surface area contributed by atoms with Crippen LogP contribution in [-0.2, 0) is 6.42 Å². The Balaban J connectivity index is 2.83. The van der Waals surface area contributed by atoms with E-state index in [9.17, 15) is 0 Å². The standard InChI is InChI=1S/C10H14Cl2N2/c1-10(2,6-13)4-7-3-8(11)9(12)14-5-7/h3,5H,4,6,13H2,1-2H3. The Morgan fingerprint density at radius 1 is 1.43 bits per heavy atom. The second-order valence-electron chi connectivity index (χ2n) is 4.16. The zero-order chi connectivity index (χ0) is 10.8. The second-order valence-corrected chi connectivity index (χ2v) is 4.93. The van der Waals surface area contributed by atoms with E-state index in [0.717, 1.165) is 12.0 Å². The Hall–Kier alpha value is -0.310. The highest BCUT2D eigenvalue weighted by molar-refractivity contribution is 6.41. The lowest BCUT2D eigenvalue weighted by molar-refractivity contribution is 0.376. The maximum atomic E-state index is 5.86. The number of aromatic nitrogens is 1. The van der Waals surface area contributed by atoms with Crippen molar-refractivity contribution in [2.75, 3.05) is 6.54 Å². The normalized spacial score (nSPS) is 11.8. The van der Waals surface area contributed by atoms with Crippen LogP contribution in [0.15, 0.2) is 12.3 Å². The van der Waals surface area contributed by atoms with E-state index >= 15 is 0 Å². The number of nitrogens with two attached hydrogens (primary N) is 1. The third-order valence-corrected chi connectivity index (χ3v) is 2.77. The summed E-state index contributed by atoms with van der Waals surface area (Å²) >= 11 is 11.6. The van der Waals surface area contributed by atoms with Crippen LogP contribution >= 0.6 is 23.2 Å². The van der Waals surface area contributed by atoms with E-state index in [-0.39, 0.29) is 5.41 Å². The number of nitrogens with zero attached hydrogens (tertiary/aromatic N) is 1. The first-order valence-electron chi connectivity index (χ1n) is 4.44. The molecule has 0 spiro atoms. The first-order valence-corrected chi connectivity index (χ1v) is 5.20. The molecular weight excluding hydrogens is 219 g/mol. The van der Waals surface area contributed by atoms with Crippen molar-refractivity contribution in [1.29, 1.82) is 0 Å². The Kier molecular flexibility index (Phi) is 3.76. The van der Waals surface area contributed by atoms with Gasteiger partial charge in [-0.15, -0.1) is 0 Å². The van der Waals surface area contributed by atoms with Crippen LogP contribution in [0.25, 0.3) is 0 Å². The molecule has 0 aromatic carbocycles. The maximum Gasteiger partial charge on any atom is 0.147 e. The van der Waals surface area contributed by atoms with Gasteiger partial charge in [-0.1, -0.05) is 37.0 Å². The molecule has 0 amide bonds. The van der Waals surface area contributed by atoms with Crippen molar-refractivity contribution in [1.82, 2.24) is 4.98 Å². The minimum Gasteiger partial charge on any atom is -0.330 e. The topological polar surface area (TPSA) is 38.9 Å². The molecule has 78 valence electrons. The monoisotopic (exact) mass is 232 g/mol. The molecule has 0 unspecified atom stereocenters. The minimum atomic E-state index is 0.0683. The molecule has 1 aromatic rings. The van der Waals surface area contributed by atoms with Gasteiger partial charge < -0.3 is 5.73 Å². The van der Waals surface area contributed by atoms with E-state index in [0.29, 0.717) is 16.7 Å². The molecule has 0 aliphatic rings. The molecule has 4 heteroatoms. The zero-order valence-corrected chi connectivity index (χ0v) is 9.86. The second kappa shape index (κ2) is 4.47. The smallest absolute Gasteiger partial charge is 0.147 e. The molecule has 1 aromatic heterocycles. The number of hydrogen-bond acceptors (Lipinski definition) is 2. The number of halogens is 2. The van der Waals surface area contributed by atoms with Gasteiger partial charge in [-0.05, 0) is 30.0 Å². The van der Waals surface area contributed by atoms with Gasteiger partial charge in [0, 0.05) is 6.20 Å². The van der Waals surface area contributed by atoms with Crippen LogP contribution in [0.3, 0.4) is 0 Å². The Labute approximate surface area is 94.4 Å². The first-order chi connectivity index (χ1) is 6.44. The van der Waals surface area contributed by atoms with Crippen molar-refractivity contribution >= 4 is 23.2 Å². The molecule has 0 bridgehead atoms. The summed E-state index contributed by atoms with van der Waals surface area (Å²) in [7, 11) is 0. The molecule has 0 aliphatic heterocycles. The van der Waals surface area contributed by atoms with Crippen molar-refractivity contribution < 1.29 is 0 Å². The molecule has 0 aliphatic carbocycles. The molecule has 0 atom stereocenters.